The van der Waals surface area contributed by atoms with Gasteiger partial charge in [-0.15, -0.1) is 0 Å². The van der Waals surface area contributed by atoms with Crippen LogP contribution in [0.25, 0.3) is 11.5 Å². The van der Waals surface area contributed by atoms with Crippen LogP contribution in [-0.4, -0.2) is 26.3 Å². The van der Waals surface area contributed by atoms with Crippen molar-refractivity contribution in [2.24, 2.45) is 0 Å². The van der Waals surface area contributed by atoms with E-state index in [1.165, 1.54) is 6.26 Å². The van der Waals surface area contributed by atoms with E-state index >= 15 is 0 Å². The lowest BCUT2D eigenvalue weighted by molar-refractivity contribution is 0.324. The van der Waals surface area contributed by atoms with Crippen LogP contribution in [0.5, 0.6) is 0 Å². The van der Waals surface area contributed by atoms with Crippen molar-refractivity contribution in [2.75, 3.05) is 12.9 Å². The number of rotatable bonds is 5. The first-order valence-electron chi connectivity index (χ1n) is 5.39. The number of oxazole rings is 1. The van der Waals surface area contributed by atoms with E-state index in [0.717, 1.165) is 11.8 Å². The van der Waals surface area contributed by atoms with E-state index < -0.39 is 10.1 Å². The Balaban J connectivity index is 1.99. The van der Waals surface area contributed by atoms with E-state index in [4.69, 9.17) is 4.42 Å². The summed E-state index contributed by atoms with van der Waals surface area (Å²) in [7, 11) is -3.40. The van der Waals surface area contributed by atoms with Gasteiger partial charge in [0.1, 0.15) is 6.26 Å². The zero-order valence-corrected chi connectivity index (χ0v) is 10.7. The van der Waals surface area contributed by atoms with E-state index in [1.807, 2.05) is 30.3 Å². The Labute approximate surface area is 106 Å². The van der Waals surface area contributed by atoms with E-state index in [1.54, 1.807) is 0 Å². The smallest absolute Gasteiger partial charge is 0.264 e. The monoisotopic (exact) mass is 267 g/mol. The van der Waals surface area contributed by atoms with Crippen molar-refractivity contribution >= 4 is 10.1 Å². The van der Waals surface area contributed by atoms with Crippen LogP contribution in [0.3, 0.4) is 0 Å². The van der Waals surface area contributed by atoms with Crippen molar-refractivity contribution in [3.8, 4) is 11.5 Å². The summed E-state index contributed by atoms with van der Waals surface area (Å²) < 4.78 is 31.5. The largest absolute Gasteiger partial charge is 0.444 e. The first-order chi connectivity index (χ1) is 8.54. The fourth-order valence-electron chi connectivity index (χ4n) is 1.43. The molecule has 0 radical (unpaired) electrons. The van der Waals surface area contributed by atoms with Crippen LogP contribution in [0.2, 0.25) is 0 Å². The fraction of sp³-hybridized carbons (Fsp3) is 0.250. The summed E-state index contributed by atoms with van der Waals surface area (Å²) >= 11 is 0. The predicted octanol–water partition coefficient (Wildman–Crippen LogP) is 1.86. The van der Waals surface area contributed by atoms with Gasteiger partial charge in [-0.1, -0.05) is 18.2 Å². The van der Waals surface area contributed by atoms with Crippen molar-refractivity contribution in [3.63, 3.8) is 0 Å². The molecule has 0 fully saturated rings. The van der Waals surface area contributed by atoms with Crippen LogP contribution >= 0.6 is 0 Å². The van der Waals surface area contributed by atoms with Gasteiger partial charge in [0, 0.05) is 12.0 Å². The standard InChI is InChI=1S/C12H13NO4S/c1-18(14,15)17-8-7-11-9-16-12(13-11)10-5-3-2-4-6-10/h2-6,9H,7-8H2,1H3. The summed E-state index contributed by atoms with van der Waals surface area (Å²) in [4.78, 5) is 4.26. The van der Waals surface area contributed by atoms with Gasteiger partial charge in [0.25, 0.3) is 10.1 Å². The van der Waals surface area contributed by atoms with Crippen LogP contribution in [0, 0.1) is 0 Å². The van der Waals surface area contributed by atoms with Gasteiger partial charge in [-0.3, -0.25) is 4.18 Å². The van der Waals surface area contributed by atoms with Crippen molar-refractivity contribution in [3.05, 3.63) is 42.3 Å². The highest BCUT2D eigenvalue weighted by atomic mass is 32.2. The average Bonchev–Trinajstić information content (AvgIpc) is 2.77. The van der Waals surface area contributed by atoms with E-state index in [-0.39, 0.29) is 6.61 Å². The molecule has 18 heavy (non-hydrogen) atoms. The molecule has 0 saturated carbocycles. The van der Waals surface area contributed by atoms with Gasteiger partial charge in [-0.25, -0.2) is 4.98 Å². The van der Waals surface area contributed by atoms with Gasteiger partial charge in [-0.2, -0.15) is 8.42 Å². The maximum absolute atomic E-state index is 10.8. The second-order valence-corrected chi connectivity index (χ2v) is 5.43. The molecule has 1 heterocycles. The maximum atomic E-state index is 10.8. The molecule has 6 heteroatoms. The predicted molar refractivity (Wildman–Crippen MR) is 66.4 cm³/mol. The number of benzene rings is 1. The van der Waals surface area contributed by atoms with Crippen molar-refractivity contribution < 1.29 is 17.0 Å². The second-order valence-electron chi connectivity index (χ2n) is 3.79. The summed E-state index contributed by atoms with van der Waals surface area (Å²) in [6.45, 7) is 0.0690. The summed E-state index contributed by atoms with van der Waals surface area (Å²) in [5, 5.41) is 0. The number of hydrogen-bond acceptors (Lipinski definition) is 5. The van der Waals surface area contributed by atoms with Crippen LogP contribution in [0.1, 0.15) is 5.69 Å². The van der Waals surface area contributed by atoms with Crippen molar-refractivity contribution in [2.45, 2.75) is 6.42 Å². The fourth-order valence-corrected chi connectivity index (χ4v) is 1.82. The molecular weight excluding hydrogens is 254 g/mol. The summed E-state index contributed by atoms with van der Waals surface area (Å²) in [6.07, 6.45) is 2.92. The van der Waals surface area contributed by atoms with Gasteiger partial charge in [0.2, 0.25) is 5.89 Å². The summed E-state index contributed by atoms with van der Waals surface area (Å²) in [5.41, 5.74) is 1.55. The first kappa shape index (κ1) is 12.8. The van der Waals surface area contributed by atoms with Crippen LogP contribution in [-0.2, 0) is 20.7 Å². The third kappa shape index (κ3) is 3.68. The van der Waals surface area contributed by atoms with Gasteiger partial charge < -0.3 is 4.42 Å². The molecule has 0 saturated heterocycles. The minimum Gasteiger partial charge on any atom is -0.444 e. The SMILES string of the molecule is CS(=O)(=O)OCCc1coc(-c2ccccc2)n1. The lowest BCUT2D eigenvalue weighted by Gasteiger charge is -1.97. The molecule has 0 aliphatic carbocycles. The van der Waals surface area contributed by atoms with Gasteiger partial charge in [-0.05, 0) is 12.1 Å². The average molecular weight is 267 g/mol. The highest BCUT2D eigenvalue weighted by Crippen LogP contribution is 2.18. The van der Waals surface area contributed by atoms with Gasteiger partial charge in [0.15, 0.2) is 0 Å². The Bertz CT molecular complexity index is 604. The Kier molecular flexibility index (Phi) is 3.78. The topological polar surface area (TPSA) is 69.4 Å². The van der Waals surface area contributed by atoms with E-state index in [9.17, 15) is 8.42 Å². The molecule has 0 atom stereocenters. The molecule has 0 aliphatic heterocycles. The normalized spacial score (nSPS) is 11.6. The third-order valence-electron chi connectivity index (χ3n) is 2.23. The lowest BCUT2D eigenvalue weighted by Crippen LogP contribution is -2.06. The number of nitrogens with zero attached hydrogens (tertiary/aromatic N) is 1. The van der Waals surface area contributed by atoms with Crippen LogP contribution < -0.4 is 0 Å². The second kappa shape index (κ2) is 5.32. The lowest BCUT2D eigenvalue weighted by atomic mass is 10.2. The minimum absolute atomic E-state index is 0.0690. The van der Waals surface area contributed by atoms with Crippen molar-refractivity contribution in [1.82, 2.24) is 4.98 Å². The Morgan fingerprint density at radius 2 is 2.00 bits per heavy atom. The van der Waals surface area contributed by atoms with Gasteiger partial charge in [0.05, 0.1) is 18.6 Å². The molecule has 2 aromatic rings. The molecule has 96 valence electrons. The first-order valence-corrected chi connectivity index (χ1v) is 7.20. The van der Waals surface area contributed by atoms with Crippen molar-refractivity contribution in [1.29, 1.82) is 0 Å². The van der Waals surface area contributed by atoms with Gasteiger partial charge >= 0.3 is 0 Å². The molecule has 0 unspecified atom stereocenters. The van der Waals surface area contributed by atoms with E-state index in [2.05, 4.69) is 9.17 Å². The molecule has 2 rings (SSSR count). The highest BCUT2D eigenvalue weighted by Gasteiger charge is 2.07. The Hall–Kier alpha value is -1.66. The molecule has 0 spiro atoms. The molecule has 0 amide bonds. The summed E-state index contributed by atoms with van der Waals surface area (Å²) in [6, 6.07) is 9.48. The molecule has 1 aromatic carbocycles. The minimum atomic E-state index is -3.40. The van der Waals surface area contributed by atoms with Crippen LogP contribution in [0.15, 0.2) is 41.0 Å². The maximum Gasteiger partial charge on any atom is 0.264 e. The zero-order valence-electron chi connectivity index (χ0n) is 9.87. The number of hydrogen-bond donors (Lipinski definition) is 0. The quantitative estimate of drug-likeness (QED) is 0.773. The molecule has 0 aliphatic rings. The molecule has 5 nitrogen and oxygen atoms in total. The molecule has 0 N–H and O–H groups in total. The highest BCUT2D eigenvalue weighted by molar-refractivity contribution is 7.85. The van der Waals surface area contributed by atoms with Crippen LogP contribution in [0.4, 0.5) is 0 Å². The Morgan fingerprint density at radius 1 is 1.28 bits per heavy atom. The molecule has 0 bridgehead atoms. The summed E-state index contributed by atoms with van der Waals surface area (Å²) in [5.74, 6) is 0.518. The molecule has 1 aromatic heterocycles. The van der Waals surface area contributed by atoms with E-state index in [0.29, 0.717) is 18.0 Å². The Morgan fingerprint density at radius 3 is 2.67 bits per heavy atom. The third-order valence-corrected chi connectivity index (χ3v) is 2.82. The molecular formula is C12H13NO4S. The zero-order chi connectivity index (χ0) is 13.0. The number of aromatic nitrogens is 1.